The van der Waals surface area contributed by atoms with E-state index in [1.165, 1.54) is 11.0 Å². The Morgan fingerprint density at radius 2 is 1.98 bits per heavy atom. The molecular formula is C26H34FN8O4P. The maximum absolute atomic E-state index is 16.2. The highest BCUT2D eigenvalue weighted by molar-refractivity contribution is 7.44. The zero-order valence-corrected chi connectivity index (χ0v) is 24.0. The van der Waals surface area contributed by atoms with E-state index in [2.05, 4.69) is 31.7 Å². The minimum atomic E-state index is -1.69. The van der Waals surface area contributed by atoms with Crippen LogP contribution in [0.3, 0.4) is 0 Å². The van der Waals surface area contributed by atoms with E-state index in [0.29, 0.717) is 12.0 Å². The second kappa shape index (κ2) is 13.5. The van der Waals surface area contributed by atoms with E-state index >= 15 is 4.39 Å². The number of hydrogen-bond acceptors (Lipinski definition) is 10. The van der Waals surface area contributed by atoms with Crippen molar-refractivity contribution in [2.45, 2.75) is 84.2 Å². The van der Waals surface area contributed by atoms with Crippen LogP contribution in [0.2, 0.25) is 0 Å². The summed E-state index contributed by atoms with van der Waals surface area (Å²) in [5.41, 5.74) is 0.855. The number of rotatable bonds is 12. The van der Waals surface area contributed by atoms with Crippen LogP contribution in [0.1, 0.15) is 64.0 Å². The van der Waals surface area contributed by atoms with Crippen molar-refractivity contribution >= 4 is 31.4 Å². The molecule has 3 heterocycles. The van der Waals surface area contributed by atoms with Crippen LogP contribution in [-0.4, -0.2) is 72.6 Å². The third-order valence-electron chi connectivity index (χ3n) is 6.31. The molecule has 1 aliphatic rings. The van der Waals surface area contributed by atoms with Gasteiger partial charge in [-0.2, -0.15) is 9.94 Å². The number of nitriles is 1. The van der Waals surface area contributed by atoms with Crippen molar-refractivity contribution in [3.05, 3.63) is 42.2 Å². The summed E-state index contributed by atoms with van der Waals surface area (Å²) in [7, 11) is -1.69. The molecule has 5 atom stereocenters. The highest BCUT2D eigenvalue weighted by Crippen LogP contribution is 2.51. The second-order valence-corrected chi connectivity index (χ2v) is 11.2. The minimum Gasteiger partial charge on any atom is -0.347 e. The Hall–Kier alpha value is -3.14. The summed E-state index contributed by atoms with van der Waals surface area (Å²) in [4.78, 5) is 21.1. The van der Waals surface area contributed by atoms with Gasteiger partial charge in [0.2, 0.25) is 0 Å². The van der Waals surface area contributed by atoms with Gasteiger partial charge in [-0.25, -0.2) is 19.0 Å². The fourth-order valence-corrected chi connectivity index (χ4v) is 6.31. The number of carbonyl (C=O) groups excluding carboxylic acids is 1. The molecule has 0 aliphatic carbocycles. The Bertz CT molecular complexity index is 1310. The predicted molar refractivity (Wildman–Crippen MR) is 147 cm³/mol. The lowest BCUT2D eigenvalue weighted by Crippen LogP contribution is -2.38. The van der Waals surface area contributed by atoms with Crippen LogP contribution >= 0.6 is 8.53 Å². The van der Waals surface area contributed by atoms with Gasteiger partial charge in [0.05, 0.1) is 25.2 Å². The number of ether oxygens (including phenoxy) is 1. The third-order valence-corrected chi connectivity index (χ3v) is 8.44. The molecule has 2 aromatic heterocycles. The summed E-state index contributed by atoms with van der Waals surface area (Å²) in [6, 6.07) is 10.9. The van der Waals surface area contributed by atoms with Crippen molar-refractivity contribution in [1.82, 2.24) is 29.6 Å². The first-order chi connectivity index (χ1) is 19.3. The number of carbonyl (C=O) groups is 1. The molecule has 0 spiro atoms. The van der Waals surface area contributed by atoms with Crippen LogP contribution in [0.5, 0.6) is 0 Å². The van der Waals surface area contributed by atoms with E-state index in [1.807, 2.05) is 45.4 Å². The smallest absolute Gasteiger partial charge is 0.259 e. The van der Waals surface area contributed by atoms with Gasteiger partial charge in [0.1, 0.15) is 12.4 Å². The monoisotopic (exact) mass is 572 g/mol. The fraction of sp³-hybridized carbons (Fsp3) is 0.538. The standard InChI is InChI=1S/C26H34FN8O4P/c1-6-19-22(39-40(37-14-10-13-28)35(16(2)3)17(4)5)20(27)26(38-19)34-24-21(32-33-34)23(29-15-30-24)31-25(36)18-11-8-7-9-12-18/h7-9,11-12,15-17,19-20,22,26H,6,10,14H2,1-5H3,(H,29,30,31,36)/t19-,20?,22+,26-,40?/m1/s1. The number of nitrogens with zero attached hydrogens (tertiary/aromatic N) is 7. The van der Waals surface area contributed by atoms with Gasteiger partial charge in [-0.05, 0) is 46.2 Å². The van der Waals surface area contributed by atoms with E-state index in [1.54, 1.807) is 24.3 Å². The highest BCUT2D eigenvalue weighted by Gasteiger charge is 2.49. The van der Waals surface area contributed by atoms with Crippen molar-refractivity contribution < 1.29 is 23.0 Å². The van der Waals surface area contributed by atoms with E-state index in [-0.39, 0.29) is 48.0 Å². The number of anilines is 1. The van der Waals surface area contributed by atoms with Gasteiger partial charge in [-0.15, -0.1) is 5.10 Å². The molecule has 0 radical (unpaired) electrons. The topological polar surface area (TPSA) is 140 Å². The molecule has 14 heteroatoms. The van der Waals surface area contributed by atoms with E-state index in [9.17, 15) is 4.79 Å². The van der Waals surface area contributed by atoms with Gasteiger partial charge in [-0.1, -0.05) is 30.3 Å². The molecule has 12 nitrogen and oxygen atoms in total. The molecule has 40 heavy (non-hydrogen) atoms. The molecule has 1 aromatic carbocycles. The quantitative estimate of drug-likeness (QED) is 0.238. The van der Waals surface area contributed by atoms with Crippen molar-refractivity contribution in [1.29, 1.82) is 5.26 Å². The first-order valence-corrected chi connectivity index (χ1v) is 14.4. The summed E-state index contributed by atoms with van der Waals surface area (Å²) in [6.45, 7) is 10.1. The Morgan fingerprint density at radius 3 is 2.62 bits per heavy atom. The number of hydrogen-bond donors (Lipinski definition) is 1. The third kappa shape index (κ3) is 6.43. The van der Waals surface area contributed by atoms with Crippen molar-refractivity contribution in [2.75, 3.05) is 11.9 Å². The molecule has 0 saturated carbocycles. The maximum atomic E-state index is 16.2. The lowest BCUT2D eigenvalue weighted by Gasteiger charge is -2.37. The number of alkyl halides is 1. The first kappa shape index (κ1) is 29.8. The largest absolute Gasteiger partial charge is 0.347 e. The van der Waals surface area contributed by atoms with Crippen LogP contribution < -0.4 is 5.32 Å². The molecule has 1 aliphatic heterocycles. The molecule has 4 rings (SSSR count). The van der Waals surface area contributed by atoms with Crippen LogP contribution in [0.15, 0.2) is 36.7 Å². The van der Waals surface area contributed by atoms with Gasteiger partial charge < -0.3 is 19.1 Å². The summed E-state index contributed by atoms with van der Waals surface area (Å²) in [5, 5.41) is 20.0. The van der Waals surface area contributed by atoms with Crippen LogP contribution in [-0.2, 0) is 13.8 Å². The van der Waals surface area contributed by atoms with E-state index < -0.39 is 33.1 Å². The summed E-state index contributed by atoms with van der Waals surface area (Å²) < 4.78 is 37.9. The normalized spacial score (nSPS) is 21.8. The molecule has 2 unspecified atom stereocenters. The van der Waals surface area contributed by atoms with Gasteiger partial charge in [-0.3, -0.25) is 4.79 Å². The summed E-state index contributed by atoms with van der Waals surface area (Å²) in [6.07, 6.45) is -2.42. The Morgan fingerprint density at radius 1 is 1.25 bits per heavy atom. The fourth-order valence-electron chi connectivity index (χ4n) is 4.54. The average molecular weight is 573 g/mol. The average Bonchev–Trinajstić information content (AvgIpc) is 3.50. The summed E-state index contributed by atoms with van der Waals surface area (Å²) in [5.74, 6) is -0.225. The Kier molecular flexibility index (Phi) is 10.1. The molecule has 1 amide bonds. The van der Waals surface area contributed by atoms with Gasteiger partial charge in [0, 0.05) is 17.6 Å². The highest BCUT2D eigenvalue weighted by atomic mass is 31.2. The SMILES string of the molecule is CC[C@H]1O[C@@H](n2nnc3c(NC(=O)c4ccccc4)ncnc32)C(F)[C@H]1OP(OCCC#N)N(C(C)C)C(C)C. The van der Waals surface area contributed by atoms with Crippen LogP contribution in [0, 0.1) is 11.3 Å². The van der Waals surface area contributed by atoms with Crippen molar-refractivity contribution in [2.24, 2.45) is 0 Å². The van der Waals surface area contributed by atoms with Crippen molar-refractivity contribution in [3.8, 4) is 6.07 Å². The van der Waals surface area contributed by atoms with E-state index in [4.69, 9.17) is 19.0 Å². The van der Waals surface area contributed by atoms with Gasteiger partial charge in [0.15, 0.2) is 29.4 Å². The number of amides is 1. The number of aromatic nitrogens is 5. The van der Waals surface area contributed by atoms with Gasteiger partial charge in [0.25, 0.3) is 14.4 Å². The minimum absolute atomic E-state index is 0.0601. The van der Waals surface area contributed by atoms with Crippen LogP contribution in [0.4, 0.5) is 10.2 Å². The lowest BCUT2D eigenvalue weighted by molar-refractivity contribution is -0.0301. The summed E-state index contributed by atoms with van der Waals surface area (Å²) >= 11 is 0. The molecule has 1 saturated heterocycles. The molecule has 3 aromatic rings. The first-order valence-electron chi connectivity index (χ1n) is 13.2. The number of halogens is 1. The zero-order valence-electron chi connectivity index (χ0n) is 23.1. The number of benzene rings is 1. The Balaban J connectivity index is 1.59. The number of fused-ring (bicyclic) bond motifs is 1. The van der Waals surface area contributed by atoms with Gasteiger partial charge >= 0.3 is 0 Å². The zero-order chi connectivity index (χ0) is 28.8. The molecule has 1 fully saturated rings. The molecular weight excluding hydrogens is 538 g/mol. The molecule has 214 valence electrons. The van der Waals surface area contributed by atoms with E-state index in [0.717, 1.165) is 0 Å². The van der Waals surface area contributed by atoms with Crippen molar-refractivity contribution in [3.63, 3.8) is 0 Å². The molecule has 0 bridgehead atoms. The lowest BCUT2D eigenvalue weighted by atomic mass is 10.1. The predicted octanol–water partition coefficient (Wildman–Crippen LogP) is 4.78. The molecule has 1 N–H and O–H groups in total. The number of nitrogens with one attached hydrogen (secondary N) is 1. The second-order valence-electron chi connectivity index (χ2n) is 9.78. The van der Waals surface area contributed by atoms with Crippen LogP contribution in [0.25, 0.3) is 11.2 Å². The maximum Gasteiger partial charge on any atom is 0.259 e. The Labute approximate surface area is 233 Å².